The molecule has 0 aromatic heterocycles. The van der Waals surface area contributed by atoms with Gasteiger partial charge < -0.3 is 29.2 Å². The Hall–Kier alpha value is -2.00. The number of ether oxygens (including phenoxy) is 4. The van der Waals surface area contributed by atoms with E-state index in [0.29, 0.717) is 0 Å². The smallest absolute Gasteiger partial charge is 0.331 e. The summed E-state index contributed by atoms with van der Waals surface area (Å²) in [6.07, 6.45) is 2.83. The summed E-state index contributed by atoms with van der Waals surface area (Å²) in [5.74, 6) is -1.63. The minimum absolute atomic E-state index is 0.00311. The van der Waals surface area contributed by atoms with E-state index in [2.05, 4.69) is 13.2 Å². The van der Waals surface area contributed by atoms with E-state index in [1.54, 1.807) is 0 Å². The van der Waals surface area contributed by atoms with Crippen molar-refractivity contribution in [2.24, 2.45) is 0 Å². The van der Waals surface area contributed by atoms with Crippen molar-refractivity contribution in [1.29, 1.82) is 0 Å². The highest BCUT2D eigenvalue weighted by Crippen LogP contribution is 1.93. The molecule has 0 aromatic carbocycles. The van der Waals surface area contributed by atoms with Crippen LogP contribution in [0.4, 0.5) is 0 Å². The Morgan fingerprint density at radius 3 is 1.50 bits per heavy atom. The van der Waals surface area contributed by atoms with Gasteiger partial charge in [0, 0.05) is 12.2 Å². The van der Waals surface area contributed by atoms with Gasteiger partial charge in [0.1, 0.15) is 25.4 Å². The molecule has 0 saturated carbocycles. The summed E-state index contributed by atoms with van der Waals surface area (Å²) >= 11 is 0. The molecule has 0 heterocycles. The van der Waals surface area contributed by atoms with Gasteiger partial charge in [0.15, 0.2) is 0 Å². The Labute approximate surface area is 141 Å². The van der Waals surface area contributed by atoms with Crippen LogP contribution in [0.15, 0.2) is 37.5 Å². The molecule has 136 valence electrons. The molecule has 0 aromatic rings. The molecule has 0 rings (SSSR count). The van der Waals surface area contributed by atoms with E-state index >= 15 is 0 Å². The fourth-order valence-corrected chi connectivity index (χ4v) is 1.26. The average molecular weight is 344 g/mol. The van der Waals surface area contributed by atoms with Crippen LogP contribution in [0, 0.1) is 0 Å². The van der Waals surface area contributed by atoms with Crippen LogP contribution in [0.3, 0.4) is 0 Å². The molecule has 0 bridgehead atoms. The Balaban J connectivity index is 3.85. The first-order valence-corrected chi connectivity index (χ1v) is 7.24. The molecule has 0 radical (unpaired) electrons. The van der Waals surface area contributed by atoms with E-state index in [4.69, 9.17) is 18.9 Å². The molecule has 0 fully saturated rings. The van der Waals surface area contributed by atoms with Crippen molar-refractivity contribution in [3.05, 3.63) is 37.5 Å². The van der Waals surface area contributed by atoms with Crippen molar-refractivity contribution in [1.82, 2.24) is 0 Å². The summed E-state index contributed by atoms with van der Waals surface area (Å²) in [6.45, 7) is 6.90. The molecule has 0 saturated heterocycles. The standard InChI is InChI=1S/C16H24O8/c1-3-7-21-9-13(17)11-23-15(19)5-6-16(20)24-12-14(18)10-22-8-4-2/h3-6,13-14,17-18H,1-2,7-12H2. The molecular weight excluding hydrogens is 320 g/mol. The molecule has 0 aliphatic heterocycles. The van der Waals surface area contributed by atoms with Crippen LogP contribution in [0.2, 0.25) is 0 Å². The van der Waals surface area contributed by atoms with Gasteiger partial charge in [-0.3, -0.25) is 0 Å². The minimum atomic E-state index is -0.972. The monoisotopic (exact) mass is 344 g/mol. The molecule has 24 heavy (non-hydrogen) atoms. The molecule has 8 nitrogen and oxygen atoms in total. The highest BCUT2D eigenvalue weighted by atomic mass is 16.6. The topological polar surface area (TPSA) is 112 Å². The lowest BCUT2D eigenvalue weighted by Gasteiger charge is -2.10. The number of esters is 2. The van der Waals surface area contributed by atoms with Crippen LogP contribution in [-0.4, -0.2) is 74.0 Å². The summed E-state index contributed by atoms with van der Waals surface area (Å²) in [7, 11) is 0. The second-order valence-electron chi connectivity index (χ2n) is 4.55. The summed E-state index contributed by atoms with van der Waals surface area (Å²) in [5.41, 5.74) is 0. The van der Waals surface area contributed by atoms with Crippen molar-refractivity contribution in [2.45, 2.75) is 12.2 Å². The fourth-order valence-electron chi connectivity index (χ4n) is 1.26. The van der Waals surface area contributed by atoms with Gasteiger partial charge in [0.25, 0.3) is 0 Å². The maximum absolute atomic E-state index is 11.3. The number of hydrogen-bond donors (Lipinski definition) is 2. The molecule has 0 aliphatic rings. The van der Waals surface area contributed by atoms with Crippen LogP contribution in [-0.2, 0) is 28.5 Å². The Kier molecular flexibility index (Phi) is 13.4. The van der Waals surface area contributed by atoms with Crippen molar-refractivity contribution in [3.8, 4) is 0 Å². The van der Waals surface area contributed by atoms with Crippen LogP contribution in [0.25, 0.3) is 0 Å². The molecule has 0 aliphatic carbocycles. The van der Waals surface area contributed by atoms with Crippen molar-refractivity contribution in [3.63, 3.8) is 0 Å². The van der Waals surface area contributed by atoms with Gasteiger partial charge in [-0.1, -0.05) is 12.2 Å². The predicted octanol–water partition coefficient (Wildman–Crippen LogP) is -0.244. The lowest BCUT2D eigenvalue weighted by Crippen LogP contribution is -2.24. The van der Waals surface area contributed by atoms with E-state index in [-0.39, 0.29) is 39.6 Å². The maximum atomic E-state index is 11.3. The first-order valence-electron chi connectivity index (χ1n) is 7.24. The Morgan fingerprint density at radius 1 is 0.792 bits per heavy atom. The zero-order valence-corrected chi connectivity index (χ0v) is 13.5. The third-order valence-corrected chi connectivity index (χ3v) is 2.28. The number of aliphatic hydroxyl groups is 2. The largest absolute Gasteiger partial charge is 0.460 e. The number of rotatable bonds is 14. The number of aliphatic hydroxyl groups excluding tert-OH is 2. The van der Waals surface area contributed by atoms with E-state index in [1.807, 2.05) is 0 Å². The van der Waals surface area contributed by atoms with Crippen molar-refractivity contribution < 1.29 is 38.7 Å². The van der Waals surface area contributed by atoms with Crippen molar-refractivity contribution in [2.75, 3.05) is 39.6 Å². The Morgan fingerprint density at radius 2 is 1.17 bits per heavy atom. The number of carbonyl (C=O) groups excluding carboxylic acids is 2. The van der Waals surface area contributed by atoms with Crippen LogP contribution in [0.5, 0.6) is 0 Å². The van der Waals surface area contributed by atoms with Gasteiger partial charge in [0.05, 0.1) is 26.4 Å². The van der Waals surface area contributed by atoms with E-state index in [0.717, 1.165) is 12.2 Å². The normalized spacial score (nSPS) is 13.2. The van der Waals surface area contributed by atoms with Gasteiger partial charge in [-0.2, -0.15) is 0 Å². The Bertz CT molecular complexity index is 380. The number of carbonyl (C=O) groups is 2. The zero-order chi connectivity index (χ0) is 18.2. The van der Waals surface area contributed by atoms with Crippen LogP contribution in [0.1, 0.15) is 0 Å². The van der Waals surface area contributed by atoms with Gasteiger partial charge in [0.2, 0.25) is 0 Å². The van der Waals surface area contributed by atoms with Crippen molar-refractivity contribution >= 4 is 11.9 Å². The molecule has 2 unspecified atom stereocenters. The maximum Gasteiger partial charge on any atom is 0.331 e. The van der Waals surface area contributed by atoms with Gasteiger partial charge in [-0.25, -0.2) is 9.59 Å². The molecule has 0 spiro atoms. The summed E-state index contributed by atoms with van der Waals surface area (Å²) in [6, 6.07) is 0. The van der Waals surface area contributed by atoms with E-state index < -0.39 is 24.1 Å². The lowest BCUT2D eigenvalue weighted by molar-refractivity contribution is -0.144. The second-order valence-corrected chi connectivity index (χ2v) is 4.55. The third-order valence-electron chi connectivity index (χ3n) is 2.28. The van der Waals surface area contributed by atoms with E-state index in [1.165, 1.54) is 12.2 Å². The summed E-state index contributed by atoms with van der Waals surface area (Å²) in [5, 5.41) is 18.9. The van der Waals surface area contributed by atoms with Gasteiger partial charge >= 0.3 is 11.9 Å². The molecule has 2 atom stereocenters. The average Bonchev–Trinajstić information content (AvgIpc) is 2.56. The number of hydrogen-bond acceptors (Lipinski definition) is 8. The summed E-state index contributed by atoms with van der Waals surface area (Å²) < 4.78 is 19.4. The SMILES string of the molecule is C=CCOCC(O)COC(=O)C=CC(=O)OCC(O)COCC=C. The molecule has 0 amide bonds. The highest BCUT2D eigenvalue weighted by Gasteiger charge is 2.09. The zero-order valence-electron chi connectivity index (χ0n) is 13.5. The molecular formula is C16H24O8. The third kappa shape index (κ3) is 13.6. The molecule has 2 N–H and O–H groups in total. The highest BCUT2D eigenvalue weighted by molar-refractivity contribution is 5.91. The summed E-state index contributed by atoms with van der Waals surface area (Å²) in [4.78, 5) is 22.7. The fraction of sp³-hybridized carbons (Fsp3) is 0.500. The first-order chi connectivity index (χ1) is 11.5. The second kappa shape index (κ2) is 14.6. The van der Waals surface area contributed by atoms with Crippen LogP contribution >= 0.6 is 0 Å². The minimum Gasteiger partial charge on any atom is -0.460 e. The molecule has 8 heteroatoms. The quantitative estimate of drug-likeness (QED) is 0.192. The van der Waals surface area contributed by atoms with Gasteiger partial charge in [-0.05, 0) is 0 Å². The van der Waals surface area contributed by atoms with Crippen LogP contribution < -0.4 is 0 Å². The predicted molar refractivity (Wildman–Crippen MR) is 85.1 cm³/mol. The first kappa shape index (κ1) is 22.0. The van der Waals surface area contributed by atoms with Gasteiger partial charge in [-0.15, -0.1) is 13.2 Å². The lowest BCUT2D eigenvalue weighted by atomic mass is 10.4. The van der Waals surface area contributed by atoms with E-state index in [9.17, 15) is 19.8 Å².